The van der Waals surface area contributed by atoms with E-state index in [2.05, 4.69) is 26.3 Å². The molecule has 1 aromatic rings. The maximum Gasteiger partial charge on any atom is 0.251 e. The zero-order chi connectivity index (χ0) is 20.2. The minimum Gasteiger partial charge on any atom is -0.356 e. The lowest BCUT2D eigenvalue weighted by Gasteiger charge is -2.22. The number of nitrogens with zero attached hydrogens (tertiary/aromatic N) is 1. The van der Waals surface area contributed by atoms with Gasteiger partial charge in [-0.1, -0.05) is 31.4 Å². The van der Waals surface area contributed by atoms with Crippen molar-refractivity contribution in [2.24, 2.45) is 4.99 Å². The normalized spacial score (nSPS) is 14.5. The zero-order valence-electron chi connectivity index (χ0n) is 17.4. The van der Waals surface area contributed by atoms with Gasteiger partial charge in [-0.05, 0) is 37.0 Å². The topological polar surface area (TPSA) is 94.6 Å². The van der Waals surface area contributed by atoms with Gasteiger partial charge in [0.15, 0.2) is 5.96 Å². The average molecular weight is 515 g/mol. The summed E-state index contributed by atoms with van der Waals surface area (Å²) in [6.45, 7) is 1.23. The summed E-state index contributed by atoms with van der Waals surface area (Å²) in [7, 11) is 3.34. The van der Waals surface area contributed by atoms with Gasteiger partial charge in [0, 0.05) is 45.2 Å². The van der Waals surface area contributed by atoms with E-state index in [-0.39, 0.29) is 35.8 Å². The maximum absolute atomic E-state index is 12.0. The number of rotatable bonds is 8. The van der Waals surface area contributed by atoms with E-state index in [1.54, 1.807) is 20.2 Å². The van der Waals surface area contributed by atoms with Gasteiger partial charge < -0.3 is 21.3 Å². The van der Waals surface area contributed by atoms with Gasteiger partial charge >= 0.3 is 0 Å². The first-order chi connectivity index (χ1) is 13.6. The summed E-state index contributed by atoms with van der Waals surface area (Å²) >= 11 is 0. The standard InChI is InChI=1S/C21H33N5O2.HI/c1-22-20(28)17-8-6-7-16(15-17)11-13-24-21(23-2)25-14-12-19(27)26-18-9-4-3-5-10-18;/h6-8,15,18H,3-5,9-14H2,1-2H3,(H,22,28)(H,26,27)(H2,23,24,25);1H. The smallest absolute Gasteiger partial charge is 0.251 e. The van der Waals surface area contributed by atoms with Crippen LogP contribution in [0.5, 0.6) is 0 Å². The molecule has 4 N–H and O–H groups in total. The van der Waals surface area contributed by atoms with Crippen LogP contribution in [0.3, 0.4) is 0 Å². The fourth-order valence-electron chi connectivity index (χ4n) is 3.40. The van der Waals surface area contributed by atoms with Crippen molar-refractivity contribution >= 4 is 41.8 Å². The second-order valence-electron chi connectivity index (χ2n) is 7.11. The number of carbonyl (C=O) groups is 2. The molecule has 0 atom stereocenters. The molecule has 0 bridgehead atoms. The molecule has 2 rings (SSSR count). The van der Waals surface area contributed by atoms with E-state index in [9.17, 15) is 9.59 Å². The molecule has 1 aliphatic rings. The Hall–Kier alpha value is -1.84. The molecule has 8 heteroatoms. The molecule has 1 fully saturated rings. The number of halogens is 1. The van der Waals surface area contributed by atoms with Gasteiger partial charge in [-0.2, -0.15) is 0 Å². The van der Waals surface area contributed by atoms with Gasteiger partial charge in [0.1, 0.15) is 0 Å². The number of carbonyl (C=O) groups excluding carboxylic acids is 2. The van der Waals surface area contributed by atoms with E-state index >= 15 is 0 Å². The minimum atomic E-state index is -0.0845. The first-order valence-electron chi connectivity index (χ1n) is 10.2. The monoisotopic (exact) mass is 515 g/mol. The van der Waals surface area contributed by atoms with Crippen LogP contribution in [0.2, 0.25) is 0 Å². The molecule has 0 unspecified atom stereocenters. The molecular formula is C21H34IN5O2. The van der Waals surface area contributed by atoms with Gasteiger partial charge in [-0.3, -0.25) is 14.6 Å². The molecule has 162 valence electrons. The van der Waals surface area contributed by atoms with E-state index in [1.807, 2.05) is 18.2 Å². The Kier molecular flexibility index (Phi) is 12.3. The van der Waals surface area contributed by atoms with E-state index in [0.717, 1.165) is 24.8 Å². The fourth-order valence-corrected chi connectivity index (χ4v) is 3.40. The van der Waals surface area contributed by atoms with Crippen LogP contribution in [-0.4, -0.2) is 51.0 Å². The highest BCUT2D eigenvalue weighted by Crippen LogP contribution is 2.17. The van der Waals surface area contributed by atoms with Crippen LogP contribution in [-0.2, 0) is 11.2 Å². The lowest BCUT2D eigenvalue weighted by Crippen LogP contribution is -2.41. The number of nitrogens with one attached hydrogen (secondary N) is 4. The molecular weight excluding hydrogens is 481 g/mol. The number of aliphatic imine (C=N–C) groups is 1. The fraction of sp³-hybridized carbons (Fsp3) is 0.571. The van der Waals surface area contributed by atoms with Gasteiger partial charge in [-0.25, -0.2) is 0 Å². The highest BCUT2D eigenvalue weighted by atomic mass is 127. The van der Waals surface area contributed by atoms with Crippen LogP contribution in [0.1, 0.15) is 54.4 Å². The summed E-state index contributed by atoms with van der Waals surface area (Å²) in [6, 6.07) is 7.93. The Morgan fingerprint density at radius 1 is 1.10 bits per heavy atom. The lowest BCUT2D eigenvalue weighted by atomic mass is 9.95. The number of hydrogen-bond acceptors (Lipinski definition) is 3. The minimum absolute atomic E-state index is 0. The van der Waals surface area contributed by atoms with Crippen LogP contribution in [0.25, 0.3) is 0 Å². The molecule has 1 aliphatic carbocycles. The molecule has 7 nitrogen and oxygen atoms in total. The molecule has 1 saturated carbocycles. The average Bonchev–Trinajstić information content (AvgIpc) is 2.73. The van der Waals surface area contributed by atoms with Gasteiger partial charge in [0.05, 0.1) is 0 Å². The molecule has 0 radical (unpaired) electrons. The molecule has 2 amide bonds. The molecule has 1 aromatic carbocycles. The van der Waals surface area contributed by atoms with Crippen LogP contribution in [0.4, 0.5) is 0 Å². The van der Waals surface area contributed by atoms with E-state index in [4.69, 9.17) is 0 Å². The highest BCUT2D eigenvalue weighted by Gasteiger charge is 2.15. The van der Waals surface area contributed by atoms with Gasteiger partial charge in [-0.15, -0.1) is 24.0 Å². The first kappa shape index (κ1) is 25.2. The summed E-state index contributed by atoms with van der Waals surface area (Å²) in [5.41, 5.74) is 1.74. The first-order valence-corrected chi connectivity index (χ1v) is 10.2. The van der Waals surface area contributed by atoms with Crippen molar-refractivity contribution in [3.05, 3.63) is 35.4 Å². The Morgan fingerprint density at radius 3 is 2.52 bits per heavy atom. The van der Waals surface area contributed by atoms with Crippen LogP contribution >= 0.6 is 24.0 Å². The van der Waals surface area contributed by atoms with Gasteiger partial charge in [0.2, 0.25) is 5.91 Å². The van der Waals surface area contributed by atoms with Crippen molar-refractivity contribution in [2.45, 2.75) is 51.0 Å². The van der Waals surface area contributed by atoms with Crippen LogP contribution in [0.15, 0.2) is 29.3 Å². The summed E-state index contributed by atoms with van der Waals surface area (Å²) < 4.78 is 0. The Morgan fingerprint density at radius 2 is 1.83 bits per heavy atom. The van der Waals surface area contributed by atoms with Crippen LogP contribution in [0, 0.1) is 0 Å². The molecule has 0 heterocycles. The summed E-state index contributed by atoms with van der Waals surface area (Å²) in [5, 5.41) is 12.2. The largest absolute Gasteiger partial charge is 0.356 e. The lowest BCUT2D eigenvalue weighted by molar-refractivity contribution is -0.121. The van der Waals surface area contributed by atoms with Crippen LogP contribution < -0.4 is 21.3 Å². The SMILES string of the molecule is CN=C(NCCC(=O)NC1CCCCC1)NCCc1cccc(C(=O)NC)c1.I. The Bertz CT molecular complexity index is 675. The maximum atomic E-state index is 12.0. The van der Waals surface area contributed by atoms with E-state index in [0.29, 0.717) is 37.1 Å². The van der Waals surface area contributed by atoms with E-state index < -0.39 is 0 Å². The predicted octanol–water partition coefficient (Wildman–Crippen LogP) is 2.21. The predicted molar refractivity (Wildman–Crippen MR) is 128 cm³/mol. The quantitative estimate of drug-likeness (QED) is 0.243. The number of benzene rings is 1. The van der Waals surface area contributed by atoms with Crippen molar-refractivity contribution in [3.63, 3.8) is 0 Å². The van der Waals surface area contributed by atoms with E-state index in [1.165, 1.54) is 19.3 Å². The third kappa shape index (κ3) is 9.47. The molecule has 0 aromatic heterocycles. The third-order valence-electron chi connectivity index (χ3n) is 4.96. The van der Waals surface area contributed by atoms with Crippen molar-refractivity contribution in [1.29, 1.82) is 0 Å². The second-order valence-corrected chi connectivity index (χ2v) is 7.11. The molecule has 29 heavy (non-hydrogen) atoms. The zero-order valence-corrected chi connectivity index (χ0v) is 19.8. The number of guanidine groups is 1. The van der Waals surface area contributed by atoms with Gasteiger partial charge in [0.25, 0.3) is 5.91 Å². The van der Waals surface area contributed by atoms with Crippen molar-refractivity contribution < 1.29 is 9.59 Å². The number of hydrogen-bond donors (Lipinski definition) is 4. The summed E-state index contributed by atoms with van der Waals surface area (Å²) in [6.07, 6.45) is 7.12. The second kappa shape index (κ2) is 14.2. The van der Waals surface area contributed by atoms with Crippen molar-refractivity contribution in [1.82, 2.24) is 21.3 Å². The molecule has 0 saturated heterocycles. The highest BCUT2D eigenvalue weighted by molar-refractivity contribution is 14.0. The summed E-state index contributed by atoms with van der Waals surface area (Å²) in [5.74, 6) is 0.688. The summed E-state index contributed by atoms with van der Waals surface area (Å²) in [4.78, 5) is 27.9. The number of amides is 2. The molecule has 0 aliphatic heterocycles. The third-order valence-corrected chi connectivity index (χ3v) is 4.96. The molecule has 0 spiro atoms. The van der Waals surface area contributed by atoms with Crippen molar-refractivity contribution in [2.75, 3.05) is 27.2 Å². The Balaban J connectivity index is 0.00000420. The van der Waals surface area contributed by atoms with Crippen molar-refractivity contribution in [3.8, 4) is 0 Å². The Labute approximate surface area is 190 Å².